The fourth-order valence-corrected chi connectivity index (χ4v) is 3.17. The first kappa shape index (κ1) is 21.5. The summed E-state index contributed by atoms with van der Waals surface area (Å²) >= 11 is 0. The summed E-state index contributed by atoms with van der Waals surface area (Å²) < 4.78 is 4.76. The van der Waals surface area contributed by atoms with Crippen LogP contribution in [0.3, 0.4) is 0 Å². The number of likely N-dealkylation sites (tertiary alicyclic amines) is 1. The van der Waals surface area contributed by atoms with Crippen molar-refractivity contribution in [2.24, 2.45) is 16.3 Å². The highest BCUT2D eigenvalue weighted by Gasteiger charge is 2.31. The third kappa shape index (κ3) is 6.30. The molecule has 1 aliphatic heterocycles. The average molecular weight is 425 g/mol. The first-order chi connectivity index (χ1) is 9.95. The molecule has 2 atom stereocenters. The summed E-state index contributed by atoms with van der Waals surface area (Å²) in [5.74, 6) is 0.541. The van der Waals surface area contributed by atoms with E-state index < -0.39 is 0 Å². The minimum Gasteiger partial charge on any atom is -0.469 e. The first-order valence-corrected chi connectivity index (χ1v) is 7.99. The number of hydrogen-bond donors (Lipinski definition) is 1. The van der Waals surface area contributed by atoms with E-state index in [9.17, 15) is 4.79 Å². The number of ether oxygens (including phenoxy) is 1. The van der Waals surface area contributed by atoms with Gasteiger partial charge in [0.1, 0.15) is 0 Å². The molecular formula is C16H32IN3O2. The third-order valence-electron chi connectivity index (χ3n) is 4.32. The van der Waals surface area contributed by atoms with Crippen molar-refractivity contribution in [3.8, 4) is 0 Å². The number of aliphatic imine (C=N–C) groups is 1. The zero-order valence-corrected chi connectivity index (χ0v) is 17.0. The minimum atomic E-state index is -0.188. The Morgan fingerprint density at radius 1 is 1.50 bits per heavy atom. The lowest BCUT2D eigenvalue weighted by atomic mass is 9.78. The summed E-state index contributed by atoms with van der Waals surface area (Å²) in [6.45, 7) is 9.10. The van der Waals surface area contributed by atoms with Crippen LogP contribution in [0.25, 0.3) is 0 Å². The van der Waals surface area contributed by atoms with E-state index in [-0.39, 0.29) is 35.9 Å². The summed E-state index contributed by atoms with van der Waals surface area (Å²) in [7, 11) is 3.23. The zero-order chi connectivity index (χ0) is 15.9. The standard InChI is InChI=1S/C16H31N3O2.HI/c1-6-8-16(3)9-7-10-19(12-16)15(17-4)18-11-13(2)14(20)21-5;/h13H,6-12H2,1-5H3,(H,17,18);1H. The molecule has 1 heterocycles. The molecule has 0 aliphatic carbocycles. The molecule has 0 aromatic rings. The van der Waals surface area contributed by atoms with Crippen molar-refractivity contribution in [2.45, 2.75) is 46.5 Å². The van der Waals surface area contributed by atoms with Gasteiger partial charge in [-0.15, -0.1) is 24.0 Å². The Bertz CT molecular complexity index is 372. The van der Waals surface area contributed by atoms with E-state index in [1.807, 2.05) is 6.92 Å². The predicted molar refractivity (Wildman–Crippen MR) is 102 cm³/mol. The van der Waals surface area contributed by atoms with Crippen LogP contribution in [-0.2, 0) is 9.53 Å². The second-order valence-electron chi connectivity index (χ2n) is 6.44. The van der Waals surface area contributed by atoms with Crippen LogP contribution in [0.4, 0.5) is 0 Å². The van der Waals surface area contributed by atoms with E-state index in [0.29, 0.717) is 12.0 Å². The molecule has 22 heavy (non-hydrogen) atoms. The first-order valence-electron chi connectivity index (χ1n) is 7.99. The number of guanidine groups is 1. The minimum absolute atomic E-state index is 0. The Morgan fingerprint density at radius 3 is 2.73 bits per heavy atom. The molecule has 0 saturated carbocycles. The predicted octanol–water partition coefficient (Wildman–Crippen LogP) is 2.89. The lowest BCUT2D eigenvalue weighted by Crippen LogP contribution is -2.50. The number of halogens is 1. The van der Waals surface area contributed by atoms with Gasteiger partial charge in [0, 0.05) is 26.7 Å². The lowest BCUT2D eigenvalue weighted by Gasteiger charge is -2.42. The quantitative estimate of drug-likeness (QED) is 0.319. The van der Waals surface area contributed by atoms with Gasteiger partial charge < -0.3 is 15.0 Å². The van der Waals surface area contributed by atoms with E-state index in [2.05, 4.69) is 29.1 Å². The van der Waals surface area contributed by atoms with Gasteiger partial charge in [0.25, 0.3) is 0 Å². The van der Waals surface area contributed by atoms with Crippen LogP contribution in [0, 0.1) is 11.3 Å². The van der Waals surface area contributed by atoms with Gasteiger partial charge in [0.05, 0.1) is 13.0 Å². The maximum atomic E-state index is 11.5. The van der Waals surface area contributed by atoms with Crippen LogP contribution in [0.15, 0.2) is 4.99 Å². The number of carbonyl (C=O) groups is 1. The summed E-state index contributed by atoms with van der Waals surface area (Å²) in [4.78, 5) is 18.2. The Kier molecular flexibility index (Phi) is 10.0. The summed E-state index contributed by atoms with van der Waals surface area (Å²) in [6.07, 6.45) is 4.95. The molecule has 1 N–H and O–H groups in total. The Balaban J connectivity index is 0.00000441. The molecule has 1 aliphatic rings. The van der Waals surface area contributed by atoms with Gasteiger partial charge in [-0.3, -0.25) is 9.79 Å². The molecule has 6 heteroatoms. The van der Waals surface area contributed by atoms with Gasteiger partial charge in [-0.2, -0.15) is 0 Å². The molecule has 1 rings (SSSR count). The Morgan fingerprint density at radius 2 is 2.18 bits per heavy atom. The molecule has 0 radical (unpaired) electrons. The van der Waals surface area contributed by atoms with Gasteiger partial charge in [0.15, 0.2) is 5.96 Å². The molecular weight excluding hydrogens is 393 g/mol. The normalized spacial score (nSPS) is 23.5. The van der Waals surface area contributed by atoms with E-state index in [0.717, 1.165) is 19.0 Å². The molecule has 1 fully saturated rings. The molecule has 0 aromatic carbocycles. The highest BCUT2D eigenvalue weighted by molar-refractivity contribution is 14.0. The second-order valence-corrected chi connectivity index (χ2v) is 6.44. The van der Waals surface area contributed by atoms with Crippen molar-refractivity contribution in [1.82, 2.24) is 10.2 Å². The highest BCUT2D eigenvalue weighted by atomic mass is 127. The third-order valence-corrected chi connectivity index (χ3v) is 4.32. The SMILES string of the molecule is CCCC1(C)CCCN(C(=NC)NCC(C)C(=O)OC)C1.I. The molecule has 130 valence electrons. The van der Waals surface area contributed by atoms with E-state index in [4.69, 9.17) is 4.74 Å². The largest absolute Gasteiger partial charge is 0.469 e. The van der Waals surface area contributed by atoms with Crippen LogP contribution in [0.5, 0.6) is 0 Å². The van der Waals surface area contributed by atoms with Crippen molar-refractivity contribution in [1.29, 1.82) is 0 Å². The fourth-order valence-electron chi connectivity index (χ4n) is 3.17. The fraction of sp³-hybridized carbons (Fsp3) is 0.875. The molecule has 5 nitrogen and oxygen atoms in total. The molecule has 0 amide bonds. The number of carbonyl (C=O) groups excluding carboxylic acids is 1. The number of hydrogen-bond acceptors (Lipinski definition) is 3. The van der Waals surface area contributed by atoms with Crippen molar-refractivity contribution >= 4 is 35.9 Å². The van der Waals surface area contributed by atoms with E-state index in [1.165, 1.54) is 32.8 Å². The van der Waals surface area contributed by atoms with Gasteiger partial charge in [0.2, 0.25) is 0 Å². The highest BCUT2D eigenvalue weighted by Crippen LogP contribution is 2.33. The summed E-state index contributed by atoms with van der Waals surface area (Å²) in [6, 6.07) is 0. The summed E-state index contributed by atoms with van der Waals surface area (Å²) in [5, 5.41) is 3.31. The van der Waals surface area contributed by atoms with Gasteiger partial charge in [-0.25, -0.2) is 0 Å². The average Bonchev–Trinajstić information content (AvgIpc) is 2.46. The topological polar surface area (TPSA) is 53.9 Å². The monoisotopic (exact) mass is 425 g/mol. The molecule has 0 aromatic heterocycles. The number of esters is 1. The lowest BCUT2D eigenvalue weighted by molar-refractivity contribution is -0.144. The number of piperidine rings is 1. The maximum Gasteiger partial charge on any atom is 0.310 e. The number of methoxy groups -OCH3 is 1. The van der Waals surface area contributed by atoms with Crippen LogP contribution < -0.4 is 5.32 Å². The smallest absolute Gasteiger partial charge is 0.310 e. The number of nitrogens with zero attached hydrogens (tertiary/aromatic N) is 2. The van der Waals surface area contributed by atoms with Crippen molar-refractivity contribution in [3.63, 3.8) is 0 Å². The Labute approximate surface area is 152 Å². The van der Waals surface area contributed by atoms with Crippen LogP contribution in [0.1, 0.15) is 46.5 Å². The second kappa shape index (κ2) is 10.3. The number of nitrogens with one attached hydrogen (secondary N) is 1. The van der Waals surface area contributed by atoms with Crippen LogP contribution in [0.2, 0.25) is 0 Å². The van der Waals surface area contributed by atoms with Crippen molar-refractivity contribution in [2.75, 3.05) is 33.8 Å². The van der Waals surface area contributed by atoms with Gasteiger partial charge >= 0.3 is 5.97 Å². The molecule has 0 spiro atoms. The van der Waals surface area contributed by atoms with Gasteiger partial charge in [-0.05, 0) is 24.7 Å². The van der Waals surface area contributed by atoms with Gasteiger partial charge in [-0.1, -0.05) is 27.2 Å². The molecule has 1 saturated heterocycles. The molecule has 0 bridgehead atoms. The van der Waals surface area contributed by atoms with Crippen LogP contribution in [-0.4, -0.2) is 50.6 Å². The zero-order valence-electron chi connectivity index (χ0n) is 14.6. The molecule has 2 unspecified atom stereocenters. The van der Waals surface area contributed by atoms with Crippen molar-refractivity contribution in [3.05, 3.63) is 0 Å². The summed E-state index contributed by atoms with van der Waals surface area (Å²) in [5.41, 5.74) is 0.374. The Hall–Kier alpha value is -0.530. The van der Waals surface area contributed by atoms with Crippen molar-refractivity contribution < 1.29 is 9.53 Å². The van der Waals surface area contributed by atoms with E-state index >= 15 is 0 Å². The number of rotatable bonds is 5. The maximum absolute atomic E-state index is 11.5. The van der Waals surface area contributed by atoms with E-state index in [1.54, 1.807) is 7.05 Å². The van der Waals surface area contributed by atoms with Crippen LogP contribution >= 0.6 is 24.0 Å².